The molecule has 0 unspecified atom stereocenters. The quantitative estimate of drug-likeness (QED) is 0.720. The molecule has 1 saturated carbocycles. The van der Waals surface area contributed by atoms with Crippen LogP contribution in [0.5, 0.6) is 0 Å². The highest BCUT2D eigenvalue weighted by Gasteiger charge is 2.28. The second kappa shape index (κ2) is 5.76. The summed E-state index contributed by atoms with van der Waals surface area (Å²) in [5, 5.41) is 0. The fraction of sp³-hybridized carbons (Fsp3) is 0.500. The highest BCUT2D eigenvalue weighted by Crippen LogP contribution is 2.25. The van der Waals surface area contributed by atoms with Crippen LogP contribution in [0.4, 0.5) is 5.82 Å². The number of pyridine rings is 1. The lowest BCUT2D eigenvalue weighted by Gasteiger charge is -2.27. The topological polar surface area (TPSA) is 128 Å². The van der Waals surface area contributed by atoms with Gasteiger partial charge in [0, 0.05) is 18.2 Å². The summed E-state index contributed by atoms with van der Waals surface area (Å²) in [5.74, 6) is -0.493. The Hall–Kier alpha value is -1.67. The zero-order chi connectivity index (χ0) is 14.8. The highest BCUT2D eigenvalue weighted by molar-refractivity contribution is 7.89. The summed E-state index contributed by atoms with van der Waals surface area (Å²) in [6, 6.07) is 2.74. The first kappa shape index (κ1) is 14.7. The van der Waals surface area contributed by atoms with Gasteiger partial charge in [-0.2, -0.15) is 0 Å². The van der Waals surface area contributed by atoms with Crippen molar-refractivity contribution in [1.29, 1.82) is 0 Å². The molecule has 5 N–H and O–H groups in total. The predicted molar refractivity (Wildman–Crippen MR) is 73.9 cm³/mol. The van der Waals surface area contributed by atoms with Crippen LogP contribution in [-0.2, 0) is 14.8 Å². The van der Waals surface area contributed by atoms with Crippen LogP contribution in [0.15, 0.2) is 23.2 Å². The van der Waals surface area contributed by atoms with Crippen molar-refractivity contribution in [1.82, 2.24) is 9.71 Å². The molecular formula is C12H18N4O3S. The summed E-state index contributed by atoms with van der Waals surface area (Å²) in [7, 11) is -3.68. The predicted octanol–water partition coefficient (Wildman–Crippen LogP) is -0.0138. The fourth-order valence-corrected chi connectivity index (χ4v) is 3.80. The largest absolute Gasteiger partial charge is 0.383 e. The summed E-state index contributed by atoms with van der Waals surface area (Å²) < 4.78 is 27.0. The first-order valence-corrected chi connectivity index (χ1v) is 7.90. The van der Waals surface area contributed by atoms with Crippen molar-refractivity contribution < 1.29 is 13.2 Å². The van der Waals surface area contributed by atoms with E-state index in [1.54, 1.807) is 0 Å². The van der Waals surface area contributed by atoms with Crippen LogP contribution >= 0.6 is 0 Å². The van der Waals surface area contributed by atoms with Gasteiger partial charge in [0.15, 0.2) is 0 Å². The molecule has 1 amide bonds. The van der Waals surface area contributed by atoms with Crippen LogP contribution < -0.4 is 16.2 Å². The molecule has 1 heterocycles. The third-order valence-electron chi connectivity index (χ3n) is 3.54. The Morgan fingerprint density at radius 1 is 1.30 bits per heavy atom. The van der Waals surface area contributed by atoms with Crippen LogP contribution in [0.3, 0.4) is 0 Å². The molecule has 0 aliphatic heterocycles. The van der Waals surface area contributed by atoms with E-state index in [1.807, 2.05) is 0 Å². The van der Waals surface area contributed by atoms with Gasteiger partial charge in [-0.25, -0.2) is 18.1 Å². The summed E-state index contributed by atoms with van der Waals surface area (Å²) >= 11 is 0. The number of aromatic nitrogens is 1. The fourth-order valence-electron chi connectivity index (χ4n) is 2.41. The minimum Gasteiger partial charge on any atom is -0.383 e. The summed E-state index contributed by atoms with van der Waals surface area (Å²) in [6.07, 6.45) is 3.82. The van der Waals surface area contributed by atoms with E-state index in [2.05, 4.69) is 9.71 Å². The number of carbonyl (C=O) groups excluding carboxylic acids is 1. The van der Waals surface area contributed by atoms with E-state index < -0.39 is 10.0 Å². The molecule has 2 rings (SSSR count). The van der Waals surface area contributed by atoms with Gasteiger partial charge in [0.2, 0.25) is 15.9 Å². The molecule has 0 bridgehead atoms. The van der Waals surface area contributed by atoms with Crippen LogP contribution in [0.2, 0.25) is 0 Å². The van der Waals surface area contributed by atoms with Crippen molar-refractivity contribution >= 4 is 21.7 Å². The second-order valence-corrected chi connectivity index (χ2v) is 6.64. The van der Waals surface area contributed by atoms with Crippen LogP contribution in [0.25, 0.3) is 0 Å². The van der Waals surface area contributed by atoms with E-state index in [0.717, 1.165) is 0 Å². The van der Waals surface area contributed by atoms with Gasteiger partial charge in [0.25, 0.3) is 0 Å². The number of primary amides is 1. The second-order valence-electron chi connectivity index (χ2n) is 4.96. The Labute approximate surface area is 117 Å². The molecule has 1 aliphatic carbocycles. The molecule has 8 heteroatoms. The van der Waals surface area contributed by atoms with Crippen LogP contribution in [-0.4, -0.2) is 25.4 Å². The number of nitrogen functional groups attached to an aromatic ring is 1. The lowest BCUT2D eigenvalue weighted by Crippen LogP contribution is -2.39. The molecule has 0 spiro atoms. The molecule has 7 nitrogen and oxygen atoms in total. The molecule has 0 atom stereocenters. The maximum atomic E-state index is 12.2. The number of carbonyl (C=O) groups is 1. The Bertz CT molecular complexity index is 594. The van der Waals surface area contributed by atoms with Crippen molar-refractivity contribution in [2.24, 2.45) is 11.7 Å². The number of nitrogens with zero attached hydrogens (tertiary/aromatic N) is 1. The van der Waals surface area contributed by atoms with Gasteiger partial charge in [-0.1, -0.05) is 0 Å². The van der Waals surface area contributed by atoms with E-state index in [1.165, 1.54) is 18.3 Å². The molecular weight excluding hydrogens is 280 g/mol. The SMILES string of the molecule is NC(=O)C1CCC(NS(=O)(=O)c2cccnc2N)CC1. The molecule has 1 aromatic rings. The average molecular weight is 298 g/mol. The molecule has 1 aliphatic rings. The number of hydrogen-bond donors (Lipinski definition) is 3. The Morgan fingerprint density at radius 2 is 1.95 bits per heavy atom. The summed E-state index contributed by atoms with van der Waals surface area (Å²) in [4.78, 5) is 14.8. The first-order chi connectivity index (χ1) is 9.40. The maximum Gasteiger partial charge on any atom is 0.244 e. The van der Waals surface area contributed by atoms with Crippen molar-refractivity contribution in [2.75, 3.05) is 5.73 Å². The number of sulfonamides is 1. The standard InChI is InChI=1S/C12H18N4O3S/c13-11-10(2-1-7-15-11)20(18,19)16-9-5-3-8(4-6-9)12(14)17/h1-2,7-9,16H,3-6H2,(H2,13,15)(H2,14,17). The van der Waals surface area contributed by atoms with Gasteiger partial charge < -0.3 is 11.5 Å². The normalized spacial score (nSPS) is 23.4. The van der Waals surface area contributed by atoms with Crippen molar-refractivity contribution in [2.45, 2.75) is 36.6 Å². The van der Waals surface area contributed by atoms with Crippen LogP contribution in [0, 0.1) is 5.92 Å². The van der Waals surface area contributed by atoms with Crippen molar-refractivity contribution in [3.8, 4) is 0 Å². The highest BCUT2D eigenvalue weighted by atomic mass is 32.2. The Kier molecular flexibility index (Phi) is 4.24. The van der Waals surface area contributed by atoms with Gasteiger partial charge in [0.05, 0.1) is 0 Å². The molecule has 1 fully saturated rings. The molecule has 1 aromatic heterocycles. The van der Waals surface area contributed by atoms with Crippen molar-refractivity contribution in [3.05, 3.63) is 18.3 Å². The number of rotatable bonds is 4. The first-order valence-electron chi connectivity index (χ1n) is 6.42. The Balaban J connectivity index is 2.04. The smallest absolute Gasteiger partial charge is 0.244 e. The van der Waals surface area contributed by atoms with E-state index in [9.17, 15) is 13.2 Å². The van der Waals surface area contributed by atoms with Crippen molar-refractivity contribution in [3.63, 3.8) is 0 Å². The number of amides is 1. The van der Waals surface area contributed by atoms with E-state index in [-0.39, 0.29) is 28.6 Å². The molecule has 110 valence electrons. The van der Waals surface area contributed by atoms with Gasteiger partial charge in [-0.15, -0.1) is 0 Å². The maximum absolute atomic E-state index is 12.2. The lowest BCUT2D eigenvalue weighted by molar-refractivity contribution is -0.122. The lowest BCUT2D eigenvalue weighted by atomic mass is 9.86. The molecule has 0 radical (unpaired) electrons. The zero-order valence-corrected chi connectivity index (χ0v) is 11.8. The summed E-state index contributed by atoms with van der Waals surface area (Å²) in [6.45, 7) is 0. The van der Waals surface area contributed by atoms with Gasteiger partial charge in [0.1, 0.15) is 10.7 Å². The molecule has 0 saturated heterocycles. The van der Waals surface area contributed by atoms with E-state index in [0.29, 0.717) is 25.7 Å². The van der Waals surface area contributed by atoms with Crippen LogP contribution in [0.1, 0.15) is 25.7 Å². The monoisotopic (exact) mass is 298 g/mol. The zero-order valence-electron chi connectivity index (χ0n) is 11.0. The minimum atomic E-state index is -3.68. The summed E-state index contributed by atoms with van der Waals surface area (Å²) in [5.41, 5.74) is 10.8. The third-order valence-corrected chi connectivity index (χ3v) is 5.11. The van der Waals surface area contributed by atoms with E-state index >= 15 is 0 Å². The molecule has 0 aromatic carbocycles. The average Bonchev–Trinajstić information content (AvgIpc) is 2.39. The Morgan fingerprint density at radius 3 is 2.50 bits per heavy atom. The van der Waals surface area contributed by atoms with Gasteiger partial charge in [-0.05, 0) is 37.8 Å². The van der Waals surface area contributed by atoms with E-state index in [4.69, 9.17) is 11.5 Å². The number of hydrogen-bond acceptors (Lipinski definition) is 5. The molecule has 20 heavy (non-hydrogen) atoms. The third kappa shape index (κ3) is 3.26. The van der Waals surface area contributed by atoms with Gasteiger partial charge >= 0.3 is 0 Å². The number of nitrogens with two attached hydrogens (primary N) is 2. The number of nitrogens with one attached hydrogen (secondary N) is 1. The minimum absolute atomic E-state index is 0.0166. The number of anilines is 1. The van der Waals surface area contributed by atoms with Gasteiger partial charge in [-0.3, -0.25) is 4.79 Å².